The standard InChI is InChI=1S/C13H16ClNO3/c1-8(2)13(17)18-9(3)12(16)15-11-7-5-4-6-10(11)14/h4-9H,1-3H3,(H,15,16)/t9-/m0/s1. The number of rotatable bonds is 4. The van der Waals surface area contributed by atoms with Crippen molar-refractivity contribution in [3.8, 4) is 0 Å². The van der Waals surface area contributed by atoms with Crippen LogP contribution in [-0.4, -0.2) is 18.0 Å². The number of para-hydroxylation sites is 1. The Hall–Kier alpha value is -1.55. The first kappa shape index (κ1) is 14.5. The van der Waals surface area contributed by atoms with Gasteiger partial charge in [-0.3, -0.25) is 9.59 Å². The van der Waals surface area contributed by atoms with Crippen LogP contribution in [0.25, 0.3) is 0 Å². The highest BCUT2D eigenvalue weighted by Crippen LogP contribution is 2.20. The van der Waals surface area contributed by atoms with Crippen LogP contribution in [0, 0.1) is 5.92 Å². The lowest BCUT2D eigenvalue weighted by molar-refractivity contribution is -0.156. The van der Waals surface area contributed by atoms with Crippen LogP contribution in [-0.2, 0) is 14.3 Å². The number of ether oxygens (including phenoxy) is 1. The van der Waals surface area contributed by atoms with Crippen molar-refractivity contribution in [2.45, 2.75) is 26.9 Å². The number of halogens is 1. The van der Waals surface area contributed by atoms with Gasteiger partial charge in [0.1, 0.15) is 0 Å². The molecule has 0 radical (unpaired) electrons. The summed E-state index contributed by atoms with van der Waals surface area (Å²) in [7, 11) is 0. The lowest BCUT2D eigenvalue weighted by Crippen LogP contribution is -2.31. The fourth-order valence-electron chi connectivity index (χ4n) is 1.16. The molecule has 0 saturated carbocycles. The van der Waals surface area contributed by atoms with E-state index in [0.717, 1.165) is 0 Å². The predicted molar refractivity (Wildman–Crippen MR) is 70.5 cm³/mol. The van der Waals surface area contributed by atoms with Gasteiger partial charge in [0.15, 0.2) is 6.10 Å². The summed E-state index contributed by atoms with van der Waals surface area (Å²) in [5.74, 6) is -1.07. The van der Waals surface area contributed by atoms with Crippen molar-refractivity contribution in [2.24, 2.45) is 5.92 Å². The third-order valence-electron chi connectivity index (χ3n) is 2.27. The van der Waals surface area contributed by atoms with Gasteiger partial charge >= 0.3 is 5.97 Å². The van der Waals surface area contributed by atoms with E-state index >= 15 is 0 Å². The van der Waals surface area contributed by atoms with E-state index in [-0.39, 0.29) is 5.92 Å². The lowest BCUT2D eigenvalue weighted by Gasteiger charge is -2.15. The van der Waals surface area contributed by atoms with Crippen molar-refractivity contribution in [1.29, 1.82) is 0 Å². The smallest absolute Gasteiger partial charge is 0.309 e. The average molecular weight is 270 g/mol. The molecular formula is C13H16ClNO3. The average Bonchev–Trinajstić information content (AvgIpc) is 2.31. The number of hydrogen-bond donors (Lipinski definition) is 1. The molecule has 1 aromatic carbocycles. The number of anilines is 1. The molecule has 0 aliphatic rings. The molecule has 1 amide bonds. The first-order valence-electron chi connectivity index (χ1n) is 5.67. The van der Waals surface area contributed by atoms with Crippen LogP contribution in [0.15, 0.2) is 24.3 Å². The van der Waals surface area contributed by atoms with Gasteiger partial charge in [0.25, 0.3) is 5.91 Å². The maximum absolute atomic E-state index is 11.8. The van der Waals surface area contributed by atoms with Gasteiger partial charge in [-0.25, -0.2) is 0 Å². The Kier molecular flexibility index (Phi) is 5.16. The predicted octanol–water partition coefficient (Wildman–Crippen LogP) is 2.87. The minimum atomic E-state index is -0.851. The van der Waals surface area contributed by atoms with Gasteiger partial charge < -0.3 is 10.1 Å². The van der Waals surface area contributed by atoms with Crippen molar-refractivity contribution in [3.05, 3.63) is 29.3 Å². The van der Waals surface area contributed by atoms with Gasteiger partial charge in [-0.05, 0) is 19.1 Å². The number of nitrogens with one attached hydrogen (secondary N) is 1. The number of esters is 1. The van der Waals surface area contributed by atoms with Crippen molar-refractivity contribution in [3.63, 3.8) is 0 Å². The summed E-state index contributed by atoms with van der Waals surface area (Å²) < 4.78 is 4.99. The van der Waals surface area contributed by atoms with Crippen molar-refractivity contribution in [2.75, 3.05) is 5.32 Å². The van der Waals surface area contributed by atoms with E-state index in [0.29, 0.717) is 10.7 Å². The molecule has 0 aliphatic heterocycles. The fourth-order valence-corrected chi connectivity index (χ4v) is 1.34. The van der Waals surface area contributed by atoms with Crippen molar-refractivity contribution < 1.29 is 14.3 Å². The van der Waals surface area contributed by atoms with E-state index in [1.807, 2.05) is 0 Å². The monoisotopic (exact) mass is 269 g/mol. The molecule has 0 fully saturated rings. The number of carbonyl (C=O) groups is 2. The highest BCUT2D eigenvalue weighted by molar-refractivity contribution is 6.33. The highest BCUT2D eigenvalue weighted by atomic mass is 35.5. The molecule has 0 aliphatic carbocycles. The minimum Gasteiger partial charge on any atom is -0.452 e. The normalized spacial score (nSPS) is 12.1. The number of hydrogen-bond acceptors (Lipinski definition) is 3. The third kappa shape index (κ3) is 4.04. The van der Waals surface area contributed by atoms with Crippen LogP contribution >= 0.6 is 11.6 Å². The molecule has 5 heteroatoms. The molecule has 0 aromatic heterocycles. The molecule has 0 bridgehead atoms. The molecule has 98 valence electrons. The summed E-state index contributed by atoms with van der Waals surface area (Å²) in [5.41, 5.74) is 0.497. The van der Waals surface area contributed by atoms with Gasteiger partial charge in [-0.2, -0.15) is 0 Å². The molecule has 1 N–H and O–H groups in total. The van der Waals surface area contributed by atoms with Crippen LogP contribution in [0.3, 0.4) is 0 Å². The topological polar surface area (TPSA) is 55.4 Å². The van der Waals surface area contributed by atoms with E-state index in [1.54, 1.807) is 38.1 Å². The van der Waals surface area contributed by atoms with Crippen LogP contribution in [0.1, 0.15) is 20.8 Å². The SMILES string of the molecule is CC(C)C(=O)O[C@@H](C)C(=O)Nc1ccccc1Cl. The molecule has 4 nitrogen and oxygen atoms in total. The summed E-state index contributed by atoms with van der Waals surface area (Å²) in [5, 5.41) is 3.04. The van der Waals surface area contributed by atoms with Gasteiger partial charge in [0.2, 0.25) is 0 Å². The molecule has 0 saturated heterocycles. The summed E-state index contributed by atoms with van der Waals surface area (Å²) in [6.45, 7) is 4.94. The Bertz CT molecular complexity index is 446. The number of benzene rings is 1. The van der Waals surface area contributed by atoms with Crippen molar-refractivity contribution in [1.82, 2.24) is 0 Å². The maximum atomic E-state index is 11.8. The summed E-state index contributed by atoms with van der Waals surface area (Å²) >= 11 is 5.91. The van der Waals surface area contributed by atoms with E-state index in [4.69, 9.17) is 16.3 Å². The zero-order valence-electron chi connectivity index (χ0n) is 10.6. The maximum Gasteiger partial charge on any atom is 0.309 e. The first-order chi connectivity index (χ1) is 8.41. The molecule has 1 rings (SSSR count). The van der Waals surface area contributed by atoms with Crippen molar-refractivity contribution >= 4 is 29.2 Å². The van der Waals surface area contributed by atoms with Gasteiger partial charge in [0, 0.05) is 0 Å². The van der Waals surface area contributed by atoms with Crippen LogP contribution in [0.5, 0.6) is 0 Å². The quantitative estimate of drug-likeness (QED) is 0.855. The Balaban J connectivity index is 2.61. The Morgan fingerprint density at radius 3 is 2.39 bits per heavy atom. The zero-order chi connectivity index (χ0) is 13.7. The largest absolute Gasteiger partial charge is 0.452 e. The van der Waals surface area contributed by atoms with E-state index in [1.165, 1.54) is 6.92 Å². The second-order valence-electron chi connectivity index (χ2n) is 4.20. The Labute approximate surface area is 111 Å². The summed E-state index contributed by atoms with van der Waals surface area (Å²) in [4.78, 5) is 23.1. The minimum absolute atomic E-state index is 0.263. The highest BCUT2D eigenvalue weighted by Gasteiger charge is 2.20. The Morgan fingerprint density at radius 2 is 1.83 bits per heavy atom. The molecule has 1 atom stereocenters. The molecule has 0 spiro atoms. The van der Waals surface area contributed by atoms with Crippen LogP contribution in [0.2, 0.25) is 5.02 Å². The third-order valence-corrected chi connectivity index (χ3v) is 2.59. The Morgan fingerprint density at radius 1 is 1.22 bits per heavy atom. The molecular weight excluding hydrogens is 254 g/mol. The summed E-state index contributed by atoms with van der Waals surface area (Å²) in [6, 6.07) is 6.87. The lowest BCUT2D eigenvalue weighted by atomic mass is 10.2. The number of amides is 1. The van der Waals surface area contributed by atoms with Crippen LogP contribution < -0.4 is 5.32 Å². The van der Waals surface area contributed by atoms with E-state index in [2.05, 4.69) is 5.32 Å². The second kappa shape index (κ2) is 6.40. The molecule has 18 heavy (non-hydrogen) atoms. The second-order valence-corrected chi connectivity index (χ2v) is 4.61. The van der Waals surface area contributed by atoms with E-state index < -0.39 is 18.0 Å². The van der Waals surface area contributed by atoms with Gasteiger partial charge in [-0.1, -0.05) is 37.6 Å². The first-order valence-corrected chi connectivity index (χ1v) is 6.05. The molecule has 0 unspecified atom stereocenters. The van der Waals surface area contributed by atoms with E-state index in [9.17, 15) is 9.59 Å². The molecule has 0 heterocycles. The summed E-state index contributed by atoms with van der Waals surface area (Å²) in [6.07, 6.45) is -0.851. The van der Waals surface area contributed by atoms with Gasteiger partial charge in [-0.15, -0.1) is 0 Å². The molecule has 1 aromatic rings. The zero-order valence-corrected chi connectivity index (χ0v) is 11.3. The number of carbonyl (C=O) groups excluding carboxylic acids is 2. The fraction of sp³-hybridized carbons (Fsp3) is 0.385. The van der Waals surface area contributed by atoms with Gasteiger partial charge in [0.05, 0.1) is 16.6 Å². The van der Waals surface area contributed by atoms with Crippen LogP contribution in [0.4, 0.5) is 5.69 Å².